The summed E-state index contributed by atoms with van der Waals surface area (Å²) < 4.78 is 6.91. The van der Waals surface area contributed by atoms with Crippen molar-refractivity contribution < 1.29 is 19.1 Å². The van der Waals surface area contributed by atoms with Crippen molar-refractivity contribution >= 4 is 17.9 Å². The number of hydrogen-bond donors (Lipinski definition) is 0. The van der Waals surface area contributed by atoms with Crippen LogP contribution in [0.3, 0.4) is 0 Å². The van der Waals surface area contributed by atoms with Crippen LogP contribution in [-0.2, 0) is 17.7 Å². The van der Waals surface area contributed by atoms with E-state index < -0.39 is 11.7 Å². The Bertz CT molecular complexity index is 1050. The molecule has 1 aliphatic heterocycles. The summed E-state index contributed by atoms with van der Waals surface area (Å²) in [6.07, 6.45) is 2.15. The molecule has 1 aromatic heterocycles. The predicted octanol–water partition coefficient (Wildman–Crippen LogP) is 2.94. The molecule has 0 bridgehead atoms. The first-order valence-electron chi connectivity index (χ1n) is 10.7. The lowest BCUT2D eigenvalue weighted by Gasteiger charge is -2.24. The van der Waals surface area contributed by atoms with Crippen LogP contribution < -0.4 is 5.56 Å². The van der Waals surface area contributed by atoms with Crippen LogP contribution in [0.5, 0.6) is 0 Å². The van der Waals surface area contributed by atoms with Crippen LogP contribution in [0.4, 0.5) is 4.79 Å². The number of ether oxygens (including phenoxy) is 1. The van der Waals surface area contributed by atoms with Crippen LogP contribution in [0.2, 0.25) is 0 Å². The van der Waals surface area contributed by atoms with Crippen LogP contribution in [0, 0.1) is 0 Å². The zero-order chi connectivity index (χ0) is 23.5. The molecule has 3 rings (SSSR count). The van der Waals surface area contributed by atoms with E-state index in [0.29, 0.717) is 36.2 Å². The van der Waals surface area contributed by atoms with Crippen molar-refractivity contribution in [3.63, 3.8) is 0 Å². The molecular formula is C24H29N3O5. The van der Waals surface area contributed by atoms with Gasteiger partial charge in [-0.1, -0.05) is 18.2 Å². The lowest BCUT2D eigenvalue weighted by Crippen LogP contribution is -2.35. The topological polar surface area (TPSA) is 88.9 Å². The zero-order valence-corrected chi connectivity index (χ0v) is 19.0. The van der Waals surface area contributed by atoms with Crippen LogP contribution in [0.25, 0.3) is 0 Å². The molecule has 0 fully saturated rings. The zero-order valence-electron chi connectivity index (χ0n) is 19.0. The number of benzene rings is 1. The highest BCUT2D eigenvalue weighted by Gasteiger charge is 2.34. The van der Waals surface area contributed by atoms with Gasteiger partial charge in [-0.25, -0.2) is 4.79 Å². The van der Waals surface area contributed by atoms with Crippen LogP contribution in [0.15, 0.2) is 47.4 Å². The van der Waals surface area contributed by atoms with Crippen LogP contribution in [-0.4, -0.2) is 58.0 Å². The van der Waals surface area contributed by atoms with E-state index in [1.54, 1.807) is 54.2 Å². The van der Waals surface area contributed by atoms with Gasteiger partial charge in [-0.05, 0) is 51.8 Å². The Morgan fingerprint density at radius 2 is 1.59 bits per heavy atom. The molecule has 1 aromatic carbocycles. The van der Waals surface area contributed by atoms with E-state index in [1.165, 1.54) is 9.80 Å². The predicted molar refractivity (Wildman–Crippen MR) is 120 cm³/mol. The Labute approximate surface area is 187 Å². The van der Waals surface area contributed by atoms with Gasteiger partial charge in [-0.15, -0.1) is 0 Å². The summed E-state index contributed by atoms with van der Waals surface area (Å²) in [4.78, 5) is 52.6. The van der Waals surface area contributed by atoms with Gasteiger partial charge >= 0.3 is 6.09 Å². The second kappa shape index (κ2) is 9.38. The number of amides is 3. The first-order valence-corrected chi connectivity index (χ1v) is 10.7. The third kappa shape index (κ3) is 5.25. The monoisotopic (exact) mass is 439 g/mol. The molecule has 8 heteroatoms. The summed E-state index contributed by atoms with van der Waals surface area (Å²) in [5.74, 6) is -0.654. The van der Waals surface area contributed by atoms with Gasteiger partial charge in [-0.2, -0.15) is 0 Å². The summed E-state index contributed by atoms with van der Waals surface area (Å²) in [5, 5.41) is 0. The molecule has 2 heterocycles. The Kier molecular flexibility index (Phi) is 6.81. The van der Waals surface area contributed by atoms with Crippen molar-refractivity contribution in [1.29, 1.82) is 0 Å². The molecule has 3 amide bonds. The summed E-state index contributed by atoms with van der Waals surface area (Å²) in [6.45, 7) is 6.46. The van der Waals surface area contributed by atoms with E-state index in [0.717, 1.165) is 0 Å². The number of hydrogen-bond acceptors (Lipinski definition) is 5. The molecule has 0 saturated heterocycles. The van der Waals surface area contributed by atoms with Crippen molar-refractivity contribution in [2.45, 2.75) is 45.8 Å². The molecule has 8 nitrogen and oxygen atoms in total. The molecule has 0 spiro atoms. The quantitative estimate of drug-likeness (QED) is 0.619. The second-order valence-electron chi connectivity index (χ2n) is 8.84. The molecule has 170 valence electrons. The number of nitrogens with zero attached hydrogens (tertiary/aromatic N) is 3. The fraction of sp³-hybridized carbons (Fsp3) is 0.417. The smallest absolute Gasteiger partial charge is 0.410 e. The summed E-state index contributed by atoms with van der Waals surface area (Å²) in [6, 6.07) is 10.2. The molecule has 0 aliphatic carbocycles. The second-order valence-corrected chi connectivity index (χ2v) is 8.84. The normalized spacial score (nSPS) is 13.3. The van der Waals surface area contributed by atoms with Crippen molar-refractivity contribution in [3.05, 3.63) is 69.6 Å². The van der Waals surface area contributed by atoms with Crippen molar-refractivity contribution in [2.75, 3.05) is 20.1 Å². The summed E-state index contributed by atoms with van der Waals surface area (Å²) >= 11 is 0. The lowest BCUT2D eigenvalue weighted by molar-refractivity contribution is 0.0295. The highest BCUT2D eigenvalue weighted by Crippen LogP contribution is 2.22. The van der Waals surface area contributed by atoms with Gasteiger partial charge < -0.3 is 14.2 Å². The standard InChI is InChI=1S/C24H29N3O5/c1-24(2,3)32-23(31)25(4)13-8-15-26-14-7-9-17(20(26)28)12-16-27-21(29)18-10-5-6-11-19(18)22(27)30/h5-7,9-11,14H,8,12-13,15-16H2,1-4H3. The number of carbonyl (C=O) groups excluding carboxylic acids is 3. The minimum absolute atomic E-state index is 0.146. The maximum absolute atomic E-state index is 12.8. The third-order valence-electron chi connectivity index (χ3n) is 5.18. The van der Waals surface area contributed by atoms with E-state index in [9.17, 15) is 19.2 Å². The van der Waals surface area contributed by atoms with Gasteiger partial charge in [0.25, 0.3) is 17.4 Å². The number of aromatic nitrogens is 1. The maximum Gasteiger partial charge on any atom is 0.410 e. The number of aryl methyl sites for hydroxylation is 1. The fourth-order valence-electron chi connectivity index (χ4n) is 3.54. The van der Waals surface area contributed by atoms with Crippen LogP contribution in [0.1, 0.15) is 53.5 Å². The number of rotatable bonds is 7. The molecule has 32 heavy (non-hydrogen) atoms. The average Bonchev–Trinajstić information content (AvgIpc) is 2.97. The molecule has 0 radical (unpaired) electrons. The lowest BCUT2D eigenvalue weighted by atomic mass is 10.1. The third-order valence-corrected chi connectivity index (χ3v) is 5.18. The van der Waals surface area contributed by atoms with E-state index in [1.807, 2.05) is 20.8 Å². The number of carbonyl (C=O) groups is 3. The first kappa shape index (κ1) is 23.2. The Balaban J connectivity index is 1.57. The molecule has 0 N–H and O–H groups in total. The number of imide groups is 1. The SMILES string of the molecule is CN(CCCn1cccc(CCN2C(=O)c3ccccc3C2=O)c1=O)C(=O)OC(C)(C)C. The maximum atomic E-state index is 12.8. The van der Waals surface area contributed by atoms with Crippen LogP contribution >= 0.6 is 0 Å². The summed E-state index contributed by atoms with van der Waals surface area (Å²) in [5.41, 5.74) is 0.610. The largest absolute Gasteiger partial charge is 0.444 e. The minimum Gasteiger partial charge on any atom is -0.444 e. The highest BCUT2D eigenvalue weighted by molar-refractivity contribution is 6.21. The van der Waals surface area contributed by atoms with Gasteiger partial charge in [0.2, 0.25) is 0 Å². The minimum atomic E-state index is -0.559. The average molecular weight is 440 g/mol. The molecule has 2 aromatic rings. The first-order chi connectivity index (χ1) is 15.1. The van der Waals surface area contributed by atoms with Gasteiger partial charge in [0, 0.05) is 38.4 Å². The Morgan fingerprint density at radius 3 is 2.19 bits per heavy atom. The van der Waals surface area contributed by atoms with Crippen molar-refractivity contribution in [1.82, 2.24) is 14.4 Å². The van der Waals surface area contributed by atoms with E-state index >= 15 is 0 Å². The highest BCUT2D eigenvalue weighted by atomic mass is 16.6. The molecular weight excluding hydrogens is 410 g/mol. The van der Waals surface area contributed by atoms with Crippen molar-refractivity contribution in [3.8, 4) is 0 Å². The van der Waals surface area contributed by atoms with Gasteiger partial charge in [0.05, 0.1) is 11.1 Å². The Hall–Kier alpha value is -3.42. The molecule has 0 atom stereocenters. The number of fused-ring (bicyclic) bond motifs is 1. The van der Waals surface area contributed by atoms with Crippen molar-refractivity contribution in [2.24, 2.45) is 0 Å². The summed E-state index contributed by atoms with van der Waals surface area (Å²) in [7, 11) is 1.66. The van der Waals surface area contributed by atoms with Gasteiger partial charge in [0.1, 0.15) is 5.60 Å². The molecule has 0 saturated carbocycles. The molecule has 1 aliphatic rings. The van der Waals surface area contributed by atoms with E-state index in [4.69, 9.17) is 4.74 Å². The van der Waals surface area contributed by atoms with E-state index in [2.05, 4.69) is 0 Å². The van der Waals surface area contributed by atoms with Gasteiger partial charge in [-0.3, -0.25) is 19.3 Å². The van der Waals surface area contributed by atoms with Gasteiger partial charge in [0.15, 0.2) is 0 Å². The number of pyridine rings is 1. The fourth-order valence-corrected chi connectivity index (χ4v) is 3.54. The van der Waals surface area contributed by atoms with E-state index in [-0.39, 0.29) is 30.3 Å². The molecule has 0 unspecified atom stereocenters. The Morgan fingerprint density at radius 1 is 0.969 bits per heavy atom.